The Bertz CT molecular complexity index is 867. The molecule has 0 radical (unpaired) electrons. The third-order valence-electron chi connectivity index (χ3n) is 3.70. The van der Waals surface area contributed by atoms with Gasteiger partial charge in [0, 0.05) is 18.7 Å². The number of sulfonamides is 1. The molecule has 0 aromatic heterocycles. The third-order valence-corrected chi connectivity index (χ3v) is 5.38. The van der Waals surface area contributed by atoms with Crippen LogP contribution in [0.25, 0.3) is 0 Å². The molecule has 6 nitrogen and oxygen atoms in total. The van der Waals surface area contributed by atoms with E-state index < -0.39 is 10.0 Å². The van der Waals surface area contributed by atoms with Gasteiger partial charge in [-0.05, 0) is 54.9 Å². The van der Waals surface area contributed by atoms with Gasteiger partial charge in [-0.25, -0.2) is 13.1 Å². The number of rotatable bonds is 8. The molecule has 1 amide bonds. The van der Waals surface area contributed by atoms with Crippen LogP contribution in [0.5, 0.6) is 0 Å². The maximum absolute atomic E-state index is 12.0. The molecule has 0 aliphatic rings. The maximum Gasteiger partial charge on any atom is 0.240 e. The number of hydrogen-bond donors (Lipinski definition) is 3. The second kappa shape index (κ2) is 10.1. The van der Waals surface area contributed by atoms with E-state index in [2.05, 4.69) is 15.4 Å². The minimum atomic E-state index is -3.50. The van der Waals surface area contributed by atoms with E-state index in [1.54, 1.807) is 12.1 Å². The Hall–Kier alpha value is -2.29. The number of benzene rings is 2. The number of anilines is 1. The highest BCUT2D eigenvalue weighted by Crippen LogP contribution is 2.14. The van der Waals surface area contributed by atoms with Crippen molar-refractivity contribution in [2.75, 3.05) is 11.9 Å². The highest BCUT2D eigenvalue weighted by Gasteiger charge is 2.13. The minimum absolute atomic E-state index is 0.174. The van der Waals surface area contributed by atoms with Crippen molar-refractivity contribution >= 4 is 38.9 Å². The summed E-state index contributed by atoms with van der Waals surface area (Å²) in [5.74, 6) is -0.181. The van der Waals surface area contributed by atoms with E-state index in [1.807, 2.05) is 37.3 Å². The summed E-state index contributed by atoms with van der Waals surface area (Å²) >= 11 is 5.13. The number of thiocarbonyl (C=S) groups is 1. The van der Waals surface area contributed by atoms with Crippen LogP contribution in [0.15, 0.2) is 59.5 Å². The van der Waals surface area contributed by atoms with E-state index in [1.165, 1.54) is 12.1 Å². The van der Waals surface area contributed by atoms with Gasteiger partial charge in [0.25, 0.3) is 0 Å². The smallest absolute Gasteiger partial charge is 0.240 e. The Morgan fingerprint density at radius 3 is 2.33 bits per heavy atom. The fourth-order valence-electron chi connectivity index (χ4n) is 2.29. The van der Waals surface area contributed by atoms with Crippen molar-refractivity contribution in [2.45, 2.75) is 31.1 Å². The van der Waals surface area contributed by atoms with E-state index in [9.17, 15) is 13.2 Å². The van der Waals surface area contributed by atoms with Crippen molar-refractivity contribution in [3.63, 3.8) is 0 Å². The van der Waals surface area contributed by atoms with Crippen LogP contribution in [0.3, 0.4) is 0 Å². The van der Waals surface area contributed by atoms with Crippen LogP contribution in [0.4, 0.5) is 5.69 Å². The van der Waals surface area contributed by atoms with Crippen LogP contribution in [0.1, 0.15) is 25.3 Å². The first kappa shape index (κ1) is 21.0. The second-order valence-electron chi connectivity index (χ2n) is 5.91. The van der Waals surface area contributed by atoms with Gasteiger partial charge in [0.1, 0.15) is 0 Å². The summed E-state index contributed by atoms with van der Waals surface area (Å²) in [6.07, 6.45) is 1.68. The standard InChI is InChI=1S/C19H23N3O3S2/c1-2-14-20-27(24,25)17-11-9-16(10-12-17)21-19(26)22-18(23)13-8-15-6-4-3-5-7-15/h3-7,9-12,20H,2,8,13-14H2,1H3,(H2,21,22,23,26). The number of nitrogens with one attached hydrogen (secondary N) is 3. The summed E-state index contributed by atoms with van der Waals surface area (Å²) in [6, 6.07) is 15.9. The van der Waals surface area contributed by atoms with Gasteiger partial charge in [-0.1, -0.05) is 37.3 Å². The van der Waals surface area contributed by atoms with E-state index >= 15 is 0 Å². The fraction of sp³-hybridized carbons (Fsp3) is 0.263. The summed E-state index contributed by atoms with van der Waals surface area (Å²) in [6.45, 7) is 2.28. The Balaban J connectivity index is 1.84. The lowest BCUT2D eigenvalue weighted by molar-refractivity contribution is -0.119. The zero-order valence-corrected chi connectivity index (χ0v) is 16.7. The number of aryl methyl sites for hydroxylation is 1. The molecular formula is C19H23N3O3S2. The van der Waals surface area contributed by atoms with Crippen molar-refractivity contribution in [3.05, 3.63) is 60.2 Å². The van der Waals surface area contributed by atoms with E-state index in [4.69, 9.17) is 12.2 Å². The molecule has 144 valence electrons. The Morgan fingerprint density at radius 1 is 1.04 bits per heavy atom. The minimum Gasteiger partial charge on any atom is -0.332 e. The van der Waals surface area contributed by atoms with Gasteiger partial charge in [0.05, 0.1) is 4.90 Å². The highest BCUT2D eigenvalue weighted by molar-refractivity contribution is 7.89. The first-order valence-electron chi connectivity index (χ1n) is 8.65. The summed E-state index contributed by atoms with van der Waals surface area (Å²) in [5.41, 5.74) is 1.68. The number of carbonyl (C=O) groups is 1. The van der Waals surface area contributed by atoms with Crippen molar-refractivity contribution in [1.29, 1.82) is 0 Å². The van der Waals surface area contributed by atoms with Crippen LogP contribution in [0, 0.1) is 0 Å². The van der Waals surface area contributed by atoms with Crippen LogP contribution < -0.4 is 15.4 Å². The topological polar surface area (TPSA) is 87.3 Å². The van der Waals surface area contributed by atoms with E-state index in [0.717, 1.165) is 12.0 Å². The molecule has 0 saturated heterocycles. The lowest BCUT2D eigenvalue weighted by atomic mass is 10.1. The lowest BCUT2D eigenvalue weighted by Gasteiger charge is -2.11. The van der Waals surface area contributed by atoms with Crippen molar-refractivity contribution < 1.29 is 13.2 Å². The summed E-state index contributed by atoms with van der Waals surface area (Å²) < 4.78 is 26.6. The molecular weight excluding hydrogens is 382 g/mol. The summed E-state index contributed by atoms with van der Waals surface area (Å²) in [5, 5.41) is 5.67. The zero-order valence-electron chi connectivity index (χ0n) is 15.1. The molecule has 2 aromatic carbocycles. The van der Waals surface area contributed by atoms with Crippen molar-refractivity contribution in [3.8, 4) is 0 Å². The highest BCUT2D eigenvalue weighted by atomic mass is 32.2. The van der Waals surface area contributed by atoms with Gasteiger partial charge in [-0.15, -0.1) is 0 Å². The molecule has 0 heterocycles. The first-order chi connectivity index (χ1) is 12.9. The number of hydrogen-bond acceptors (Lipinski definition) is 4. The number of amides is 1. The summed E-state index contributed by atoms with van der Waals surface area (Å²) in [4.78, 5) is 12.2. The Morgan fingerprint density at radius 2 is 1.70 bits per heavy atom. The molecule has 8 heteroatoms. The fourth-order valence-corrected chi connectivity index (χ4v) is 3.66. The molecule has 0 aliphatic carbocycles. The number of carbonyl (C=O) groups excluding carboxylic acids is 1. The second-order valence-corrected chi connectivity index (χ2v) is 8.09. The quantitative estimate of drug-likeness (QED) is 0.588. The lowest BCUT2D eigenvalue weighted by Crippen LogP contribution is -2.34. The third kappa shape index (κ3) is 7.09. The van der Waals surface area contributed by atoms with Gasteiger partial charge >= 0.3 is 0 Å². The largest absolute Gasteiger partial charge is 0.332 e. The first-order valence-corrected chi connectivity index (χ1v) is 10.5. The van der Waals surface area contributed by atoms with Gasteiger partial charge in [0.15, 0.2) is 5.11 Å². The van der Waals surface area contributed by atoms with Crippen molar-refractivity contribution in [1.82, 2.24) is 10.0 Å². The molecule has 27 heavy (non-hydrogen) atoms. The molecule has 2 rings (SSSR count). The summed E-state index contributed by atoms with van der Waals surface area (Å²) in [7, 11) is -3.50. The predicted octanol–water partition coefficient (Wildman–Crippen LogP) is 2.82. The normalized spacial score (nSPS) is 11.0. The maximum atomic E-state index is 12.0. The molecule has 2 aromatic rings. The molecule has 0 spiro atoms. The molecule has 3 N–H and O–H groups in total. The van der Waals surface area contributed by atoms with Crippen molar-refractivity contribution in [2.24, 2.45) is 0 Å². The van der Waals surface area contributed by atoms with Gasteiger partial charge in [-0.2, -0.15) is 0 Å². The average Bonchev–Trinajstić information content (AvgIpc) is 2.66. The SMILES string of the molecule is CCCNS(=O)(=O)c1ccc(NC(=S)NC(=O)CCc2ccccc2)cc1. The monoisotopic (exact) mass is 405 g/mol. The molecule has 0 unspecified atom stereocenters. The molecule has 0 atom stereocenters. The van der Waals surface area contributed by atoms with Crippen LogP contribution in [-0.4, -0.2) is 26.0 Å². The average molecular weight is 406 g/mol. The molecule has 0 saturated carbocycles. The van der Waals surface area contributed by atoms with E-state index in [-0.39, 0.29) is 15.9 Å². The zero-order chi connectivity index (χ0) is 19.7. The molecule has 0 bridgehead atoms. The van der Waals surface area contributed by atoms with Gasteiger partial charge in [-0.3, -0.25) is 4.79 Å². The Labute approximate surface area is 165 Å². The molecule has 0 fully saturated rings. The van der Waals surface area contributed by atoms with Gasteiger partial charge in [0.2, 0.25) is 15.9 Å². The van der Waals surface area contributed by atoms with Crippen LogP contribution in [-0.2, 0) is 21.2 Å². The molecule has 0 aliphatic heterocycles. The van der Waals surface area contributed by atoms with E-state index in [0.29, 0.717) is 25.1 Å². The van der Waals surface area contributed by atoms with Crippen LogP contribution in [0.2, 0.25) is 0 Å². The Kier molecular flexibility index (Phi) is 7.90. The predicted molar refractivity (Wildman–Crippen MR) is 111 cm³/mol. The van der Waals surface area contributed by atoms with Crippen LogP contribution >= 0.6 is 12.2 Å². The van der Waals surface area contributed by atoms with Gasteiger partial charge < -0.3 is 10.6 Å².